The van der Waals surface area contributed by atoms with Crippen LogP contribution in [0.15, 0.2) is 66.7 Å². The summed E-state index contributed by atoms with van der Waals surface area (Å²) in [6.07, 6.45) is -0.700. The van der Waals surface area contributed by atoms with E-state index in [1.165, 1.54) is 7.11 Å². The van der Waals surface area contributed by atoms with E-state index < -0.39 is 6.10 Å². The van der Waals surface area contributed by atoms with Crippen LogP contribution in [0.25, 0.3) is 11.1 Å². The van der Waals surface area contributed by atoms with Crippen molar-refractivity contribution in [3.63, 3.8) is 0 Å². The van der Waals surface area contributed by atoms with Crippen molar-refractivity contribution >= 4 is 11.6 Å². The smallest absolute Gasteiger partial charge is 0.258 e. The molecule has 0 spiro atoms. The number of carbonyl (C=O) groups is 1. The average molecular weight is 391 g/mol. The molecule has 0 aromatic heterocycles. The molecule has 3 aromatic carbocycles. The molecule has 0 aliphatic rings. The number of para-hydroxylation sites is 1. The lowest BCUT2D eigenvalue weighted by atomic mass is 10.0. The summed E-state index contributed by atoms with van der Waals surface area (Å²) in [6, 6.07) is 21.0. The molecular formula is C24H25NO4. The lowest BCUT2D eigenvalue weighted by Crippen LogP contribution is -2.22. The third-order valence-electron chi connectivity index (χ3n) is 4.73. The number of nitrogens with one attached hydrogen (secondary N) is 1. The fourth-order valence-corrected chi connectivity index (χ4v) is 3.18. The Morgan fingerprint density at radius 1 is 0.862 bits per heavy atom. The van der Waals surface area contributed by atoms with Gasteiger partial charge in [0.05, 0.1) is 14.2 Å². The SMILES string of the molecule is COc1ccc(-c2ccccc2NC(=O)C(OC)c2ccc(C)cc2)cc1OC. The van der Waals surface area contributed by atoms with Gasteiger partial charge in [0.15, 0.2) is 17.6 Å². The summed E-state index contributed by atoms with van der Waals surface area (Å²) in [5.41, 5.74) is 4.41. The summed E-state index contributed by atoms with van der Waals surface area (Å²) >= 11 is 0. The Labute approximate surface area is 171 Å². The van der Waals surface area contributed by atoms with Gasteiger partial charge in [0, 0.05) is 18.4 Å². The van der Waals surface area contributed by atoms with Crippen molar-refractivity contribution < 1.29 is 19.0 Å². The molecule has 5 heteroatoms. The normalized spacial score (nSPS) is 11.6. The highest BCUT2D eigenvalue weighted by Gasteiger charge is 2.21. The molecule has 0 saturated heterocycles. The van der Waals surface area contributed by atoms with Gasteiger partial charge in [-0.15, -0.1) is 0 Å². The molecule has 150 valence electrons. The highest BCUT2D eigenvalue weighted by Crippen LogP contribution is 2.35. The first-order valence-corrected chi connectivity index (χ1v) is 9.29. The molecule has 1 unspecified atom stereocenters. The first-order chi connectivity index (χ1) is 14.1. The highest BCUT2D eigenvalue weighted by molar-refractivity contribution is 5.98. The molecule has 1 atom stereocenters. The molecular weight excluding hydrogens is 366 g/mol. The zero-order valence-corrected chi connectivity index (χ0v) is 17.1. The van der Waals surface area contributed by atoms with Crippen molar-refractivity contribution in [1.82, 2.24) is 0 Å². The Morgan fingerprint density at radius 3 is 2.21 bits per heavy atom. The Balaban J connectivity index is 1.91. The molecule has 1 amide bonds. The van der Waals surface area contributed by atoms with Crippen molar-refractivity contribution in [2.24, 2.45) is 0 Å². The monoisotopic (exact) mass is 391 g/mol. The lowest BCUT2D eigenvalue weighted by molar-refractivity contribution is -0.126. The van der Waals surface area contributed by atoms with Crippen molar-refractivity contribution in [1.29, 1.82) is 0 Å². The van der Waals surface area contributed by atoms with Crippen LogP contribution in [-0.4, -0.2) is 27.2 Å². The number of carbonyl (C=O) groups excluding carboxylic acids is 1. The number of amides is 1. The molecule has 29 heavy (non-hydrogen) atoms. The van der Waals surface area contributed by atoms with Gasteiger partial charge in [-0.25, -0.2) is 0 Å². The number of rotatable bonds is 7. The van der Waals surface area contributed by atoms with E-state index in [2.05, 4.69) is 5.32 Å². The first-order valence-electron chi connectivity index (χ1n) is 9.29. The zero-order valence-electron chi connectivity index (χ0n) is 17.1. The summed E-state index contributed by atoms with van der Waals surface area (Å²) in [4.78, 5) is 13.0. The molecule has 0 aliphatic heterocycles. The van der Waals surface area contributed by atoms with Gasteiger partial charge in [-0.05, 0) is 36.2 Å². The standard InChI is InChI=1S/C24H25NO4/c1-16-9-11-17(12-10-16)23(29-4)24(26)25-20-8-6-5-7-19(20)18-13-14-21(27-2)22(15-18)28-3/h5-15,23H,1-4H3,(H,25,26). The number of anilines is 1. The van der Waals surface area contributed by atoms with Crippen molar-refractivity contribution in [2.45, 2.75) is 13.0 Å². The predicted molar refractivity (Wildman–Crippen MR) is 115 cm³/mol. The minimum Gasteiger partial charge on any atom is -0.493 e. The minimum absolute atomic E-state index is 0.232. The maximum atomic E-state index is 13.0. The quantitative estimate of drug-likeness (QED) is 0.615. The summed E-state index contributed by atoms with van der Waals surface area (Å²) in [6.45, 7) is 2.00. The molecule has 0 saturated carbocycles. The first kappa shape index (κ1) is 20.4. The highest BCUT2D eigenvalue weighted by atomic mass is 16.5. The third kappa shape index (κ3) is 4.58. The number of benzene rings is 3. The van der Waals surface area contributed by atoms with Crippen LogP contribution in [0.2, 0.25) is 0 Å². The van der Waals surface area contributed by atoms with Crippen molar-refractivity contribution in [2.75, 3.05) is 26.6 Å². The van der Waals surface area contributed by atoms with Crippen molar-refractivity contribution in [3.8, 4) is 22.6 Å². The molecule has 1 N–H and O–H groups in total. The van der Waals surface area contributed by atoms with Crippen LogP contribution in [0.3, 0.4) is 0 Å². The van der Waals surface area contributed by atoms with Gasteiger partial charge in [0.1, 0.15) is 0 Å². The van der Waals surface area contributed by atoms with Gasteiger partial charge in [-0.3, -0.25) is 4.79 Å². The Morgan fingerprint density at radius 2 is 1.55 bits per heavy atom. The number of hydrogen-bond acceptors (Lipinski definition) is 4. The molecule has 5 nitrogen and oxygen atoms in total. The van der Waals surface area contributed by atoms with Crippen LogP contribution in [-0.2, 0) is 9.53 Å². The van der Waals surface area contributed by atoms with Crippen LogP contribution in [0, 0.1) is 6.92 Å². The number of methoxy groups -OCH3 is 3. The summed E-state index contributed by atoms with van der Waals surface area (Å²) in [5.74, 6) is 1.04. The predicted octanol–water partition coefficient (Wildman–Crippen LogP) is 5.01. The Bertz CT molecular complexity index is 982. The second-order valence-electron chi connectivity index (χ2n) is 6.63. The van der Waals surface area contributed by atoms with E-state index in [4.69, 9.17) is 14.2 Å². The molecule has 0 fully saturated rings. The van der Waals surface area contributed by atoms with E-state index >= 15 is 0 Å². The summed E-state index contributed by atoms with van der Waals surface area (Å²) in [7, 11) is 4.73. The van der Waals surface area contributed by atoms with E-state index in [1.54, 1.807) is 14.2 Å². The minimum atomic E-state index is -0.700. The van der Waals surface area contributed by atoms with E-state index in [-0.39, 0.29) is 5.91 Å². The molecule has 0 aliphatic carbocycles. The van der Waals surface area contributed by atoms with Gasteiger partial charge in [0.25, 0.3) is 5.91 Å². The fourth-order valence-electron chi connectivity index (χ4n) is 3.18. The maximum Gasteiger partial charge on any atom is 0.258 e. The van der Waals surface area contributed by atoms with Gasteiger partial charge < -0.3 is 19.5 Å². The maximum absolute atomic E-state index is 13.0. The van der Waals surface area contributed by atoms with Gasteiger partial charge in [-0.2, -0.15) is 0 Å². The van der Waals surface area contributed by atoms with E-state index in [9.17, 15) is 4.79 Å². The Kier molecular flexibility index (Phi) is 6.52. The molecule has 0 bridgehead atoms. The van der Waals surface area contributed by atoms with Crippen molar-refractivity contribution in [3.05, 3.63) is 77.9 Å². The van der Waals surface area contributed by atoms with Gasteiger partial charge in [0.2, 0.25) is 0 Å². The van der Waals surface area contributed by atoms with Gasteiger partial charge >= 0.3 is 0 Å². The molecule has 3 rings (SSSR count). The molecule has 3 aromatic rings. The average Bonchev–Trinajstić information content (AvgIpc) is 2.75. The Hall–Kier alpha value is -3.31. The van der Waals surface area contributed by atoms with Gasteiger partial charge in [-0.1, -0.05) is 54.1 Å². The summed E-state index contributed by atoms with van der Waals surface area (Å²) in [5, 5.41) is 3.00. The topological polar surface area (TPSA) is 56.8 Å². The second kappa shape index (κ2) is 9.26. The van der Waals surface area contributed by atoms with E-state index in [0.29, 0.717) is 17.2 Å². The second-order valence-corrected chi connectivity index (χ2v) is 6.63. The lowest BCUT2D eigenvalue weighted by Gasteiger charge is -2.18. The van der Waals surface area contributed by atoms with E-state index in [0.717, 1.165) is 22.3 Å². The van der Waals surface area contributed by atoms with E-state index in [1.807, 2.05) is 73.7 Å². The zero-order chi connectivity index (χ0) is 20.8. The largest absolute Gasteiger partial charge is 0.493 e. The van der Waals surface area contributed by atoms with Crippen LogP contribution >= 0.6 is 0 Å². The van der Waals surface area contributed by atoms with Crippen LogP contribution < -0.4 is 14.8 Å². The number of ether oxygens (including phenoxy) is 3. The fraction of sp³-hybridized carbons (Fsp3) is 0.208. The molecule has 0 radical (unpaired) electrons. The number of aryl methyl sites for hydroxylation is 1. The van der Waals surface area contributed by atoms with Crippen LogP contribution in [0.4, 0.5) is 5.69 Å². The van der Waals surface area contributed by atoms with Crippen LogP contribution in [0.5, 0.6) is 11.5 Å². The number of hydrogen-bond donors (Lipinski definition) is 1. The van der Waals surface area contributed by atoms with Crippen LogP contribution in [0.1, 0.15) is 17.2 Å². The molecule has 0 heterocycles. The summed E-state index contributed by atoms with van der Waals surface area (Å²) < 4.78 is 16.2. The third-order valence-corrected chi connectivity index (χ3v) is 4.73.